The van der Waals surface area contributed by atoms with Crippen LogP contribution in [0.5, 0.6) is 0 Å². The predicted octanol–water partition coefficient (Wildman–Crippen LogP) is 2.99. The van der Waals surface area contributed by atoms with Gasteiger partial charge in [-0.25, -0.2) is 0 Å². The first-order valence-electron chi connectivity index (χ1n) is 9.58. The molecule has 0 aromatic heterocycles. The van der Waals surface area contributed by atoms with Crippen molar-refractivity contribution in [1.82, 2.24) is 9.80 Å². The highest BCUT2D eigenvalue weighted by Gasteiger charge is 2.47. The van der Waals surface area contributed by atoms with Gasteiger partial charge < -0.3 is 9.80 Å². The molecule has 25 heavy (non-hydrogen) atoms. The molecule has 0 unspecified atom stereocenters. The molecule has 1 aliphatic carbocycles. The van der Waals surface area contributed by atoms with Gasteiger partial charge in [-0.15, -0.1) is 0 Å². The summed E-state index contributed by atoms with van der Waals surface area (Å²) in [5.41, 5.74) is 2.54. The molecular weight excluding hydrogens is 312 g/mol. The van der Waals surface area contributed by atoms with Crippen molar-refractivity contribution in [3.63, 3.8) is 0 Å². The standard InChI is InChI=1S/C21H28N2O2/c1-15-4-3-5-17(10-15)13-23-14-21(12-19(23)24)6-8-22(9-7-21)20(25)18-11-16(18)2/h3-5,10,16,18H,6-9,11-14H2,1-2H3/t16-,18-/m1/s1. The summed E-state index contributed by atoms with van der Waals surface area (Å²) in [6.07, 6.45) is 3.65. The summed E-state index contributed by atoms with van der Waals surface area (Å²) in [4.78, 5) is 29.1. The van der Waals surface area contributed by atoms with Crippen LogP contribution in [0.3, 0.4) is 0 Å². The van der Waals surface area contributed by atoms with Gasteiger partial charge in [-0.1, -0.05) is 36.8 Å². The van der Waals surface area contributed by atoms with E-state index >= 15 is 0 Å². The van der Waals surface area contributed by atoms with Crippen molar-refractivity contribution in [2.24, 2.45) is 17.3 Å². The van der Waals surface area contributed by atoms with Crippen LogP contribution in [-0.2, 0) is 16.1 Å². The topological polar surface area (TPSA) is 40.6 Å². The molecule has 4 nitrogen and oxygen atoms in total. The van der Waals surface area contributed by atoms with Crippen molar-refractivity contribution in [2.75, 3.05) is 19.6 Å². The van der Waals surface area contributed by atoms with Crippen LogP contribution in [0.4, 0.5) is 0 Å². The van der Waals surface area contributed by atoms with E-state index in [0.717, 1.165) is 38.9 Å². The molecule has 1 aromatic rings. The normalized spacial score (nSPS) is 27.8. The number of aryl methyl sites for hydroxylation is 1. The van der Waals surface area contributed by atoms with Crippen molar-refractivity contribution < 1.29 is 9.59 Å². The van der Waals surface area contributed by atoms with E-state index in [-0.39, 0.29) is 17.2 Å². The molecule has 1 aromatic carbocycles. The number of nitrogens with zero attached hydrogens (tertiary/aromatic N) is 2. The summed E-state index contributed by atoms with van der Waals surface area (Å²) in [7, 11) is 0. The SMILES string of the molecule is Cc1cccc(CN2CC3(CCN(C(=O)[C@@H]4C[C@H]4C)CC3)CC2=O)c1. The predicted molar refractivity (Wildman–Crippen MR) is 96.7 cm³/mol. The number of piperidine rings is 1. The van der Waals surface area contributed by atoms with Gasteiger partial charge in [0.25, 0.3) is 0 Å². The van der Waals surface area contributed by atoms with Crippen LogP contribution in [0.15, 0.2) is 24.3 Å². The quantitative estimate of drug-likeness (QED) is 0.849. The summed E-state index contributed by atoms with van der Waals surface area (Å²) < 4.78 is 0. The number of carbonyl (C=O) groups is 2. The lowest BCUT2D eigenvalue weighted by molar-refractivity contribution is -0.135. The van der Waals surface area contributed by atoms with Crippen molar-refractivity contribution in [3.8, 4) is 0 Å². The molecule has 0 bridgehead atoms. The molecule has 4 rings (SSSR count). The van der Waals surface area contributed by atoms with E-state index in [2.05, 4.69) is 38.1 Å². The molecule has 1 saturated carbocycles. The van der Waals surface area contributed by atoms with Crippen LogP contribution in [0.25, 0.3) is 0 Å². The molecule has 2 saturated heterocycles. The maximum absolute atomic E-state index is 12.6. The Balaban J connectivity index is 1.36. The smallest absolute Gasteiger partial charge is 0.225 e. The van der Waals surface area contributed by atoms with E-state index in [0.29, 0.717) is 24.8 Å². The highest BCUT2D eigenvalue weighted by Crippen LogP contribution is 2.44. The summed E-state index contributed by atoms with van der Waals surface area (Å²) in [6.45, 7) is 7.46. The number of rotatable bonds is 3. The summed E-state index contributed by atoms with van der Waals surface area (Å²) in [6, 6.07) is 8.41. The van der Waals surface area contributed by atoms with Gasteiger partial charge in [-0.3, -0.25) is 9.59 Å². The van der Waals surface area contributed by atoms with Crippen molar-refractivity contribution >= 4 is 11.8 Å². The van der Waals surface area contributed by atoms with Gasteiger partial charge in [0.15, 0.2) is 0 Å². The average Bonchev–Trinajstić information content (AvgIpc) is 3.23. The van der Waals surface area contributed by atoms with Gasteiger partial charge in [0.2, 0.25) is 11.8 Å². The minimum absolute atomic E-state index is 0.0901. The molecule has 2 aliphatic heterocycles. The lowest BCUT2D eigenvalue weighted by atomic mass is 9.77. The zero-order chi connectivity index (χ0) is 17.6. The van der Waals surface area contributed by atoms with Crippen LogP contribution in [-0.4, -0.2) is 41.2 Å². The first-order chi connectivity index (χ1) is 12.0. The third-order valence-corrected chi connectivity index (χ3v) is 6.42. The minimum Gasteiger partial charge on any atom is -0.342 e. The maximum atomic E-state index is 12.6. The number of benzene rings is 1. The third-order valence-electron chi connectivity index (χ3n) is 6.42. The second-order valence-electron chi connectivity index (χ2n) is 8.56. The van der Waals surface area contributed by atoms with Crippen molar-refractivity contribution in [3.05, 3.63) is 35.4 Å². The van der Waals surface area contributed by atoms with E-state index in [4.69, 9.17) is 0 Å². The zero-order valence-electron chi connectivity index (χ0n) is 15.3. The fraction of sp³-hybridized carbons (Fsp3) is 0.619. The minimum atomic E-state index is 0.0901. The molecule has 2 atom stereocenters. The van der Waals surface area contributed by atoms with E-state index < -0.39 is 0 Å². The van der Waals surface area contributed by atoms with E-state index in [1.807, 2.05) is 9.80 Å². The average molecular weight is 340 g/mol. The van der Waals surface area contributed by atoms with Gasteiger partial charge in [-0.2, -0.15) is 0 Å². The Hall–Kier alpha value is -1.84. The maximum Gasteiger partial charge on any atom is 0.225 e. The van der Waals surface area contributed by atoms with Crippen LogP contribution in [0.2, 0.25) is 0 Å². The second kappa shape index (κ2) is 6.15. The van der Waals surface area contributed by atoms with Gasteiger partial charge in [0.1, 0.15) is 0 Å². The largest absolute Gasteiger partial charge is 0.342 e. The number of carbonyl (C=O) groups excluding carboxylic acids is 2. The Labute approximate surface area is 150 Å². The Bertz CT molecular complexity index is 691. The first kappa shape index (κ1) is 16.6. The molecule has 2 amide bonds. The molecule has 0 N–H and O–H groups in total. The lowest BCUT2D eigenvalue weighted by Gasteiger charge is -2.39. The highest BCUT2D eigenvalue weighted by molar-refractivity contribution is 5.82. The molecule has 134 valence electrons. The van der Waals surface area contributed by atoms with Crippen molar-refractivity contribution in [2.45, 2.75) is 46.1 Å². The van der Waals surface area contributed by atoms with Crippen LogP contribution >= 0.6 is 0 Å². The monoisotopic (exact) mass is 340 g/mol. The Kier molecular flexibility index (Phi) is 4.09. The fourth-order valence-corrected chi connectivity index (χ4v) is 4.59. The molecule has 3 fully saturated rings. The lowest BCUT2D eigenvalue weighted by Crippen LogP contribution is -2.45. The third kappa shape index (κ3) is 3.31. The summed E-state index contributed by atoms with van der Waals surface area (Å²) in [5.74, 6) is 1.47. The van der Waals surface area contributed by atoms with E-state index in [9.17, 15) is 9.59 Å². The second-order valence-corrected chi connectivity index (χ2v) is 8.56. The van der Waals surface area contributed by atoms with Crippen LogP contribution in [0, 0.1) is 24.2 Å². The fourth-order valence-electron chi connectivity index (χ4n) is 4.59. The van der Waals surface area contributed by atoms with E-state index in [1.165, 1.54) is 11.1 Å². The Morgan fingerprint density at radius 1 is 1.28 bits per heavy atom. The molecule has 3 aliphatic rings. The molecular formula is C21H28N2O2. The van der Waals surface area contributed by atoms with Crippen molar-refractivity contribution in [1.29, 1.82) is 0 Å². The molecule has 4 heteroatoms. The number of hydrogen-bond donors (Lipinski definition) is 0. The molecule has 2 heterocycles. The highest BCUT2D eigenvalue weighted by atomic mass is 16.2. The molecule has 1 spiro atoms. The summed E-state index contributed by atoms with van der Waals surface area (Å²) in [5, 5.41) is 0. The number of likely N-dealkylation sites (tertiary alicyclic amines) is 2. The number of hydrogen-bond acceptors (Lipinski definition) is 2. The Morgan fingerprint density at radius 2 is 2.00 bits per heavy atom. The van der Waals surface area contributed by atoms with Gasteiger partial charge in [0.05, 0.1) is 0 Å². The van der Waals surface area contributed by atoms with Gasteiger partial charge >= 0.3 is 0 Å². The van der Waals surface area contributed by atoms with E-state index in [1.54, 1.807) is 0 Å². The van der Waals surface area contributed by atoms with Gasteiger partial charge in [-0.05, 0) is 37.7 Å². The summed E-state index contributed by atoms with van der Waals surface area (Å²) >= 11 is 0. The Morgan fingerprint density at radius 3 is 2.64 bits per heavy atom. The molecule has 0 radical (unpaired) electrons. The number of amides is 2. The van der Waals surface area contributed by atoms with Crippen LogP contribution < -0.4 is 0 Å². The zero-order valence-corrected chi connectivity index (χ0v) is 15.3. The van der Waals surface area contributed by atoms with Gasteiger partial charge in [0, 0.05) is 43.9 Å². The van der Waals surface area contributed by atoms with Crippen LogP contribution in [0.1, 0.15) is 43.7 Å². The first-order valence-corrected chi connectivity index (χ1v) is 9.58.